The third-order valence-electron chi connectivity index (χ3n) is 4.86. The number of imide groups is 1. The molecule has 3 aromatic rings. The molecule has 0 aliphatic carbocycles. The molecular formula is C24H17BrN2O5S. The van der Waals surface area contributed by atoms with E-state index < -0.39 is 4.92 Å². The largest absolute Gasteiger partial charge is 0.489 e. The van der Waals surface area contributed by atoms with Crippen molar-refractivity contribution in [3.05, 3.63) is 109 Å². The van der Waals surface area contributed by atoms with Crippen molar-refractivity contribution in [2.75, 3.05) is 0 Å². The molecule has 3 aromatic carbocycles. The highest BCUT2D eigenvalue weighted by Crippen LogP contribution is 2.33. The fraction of sp³-hybridized carbons (Fsp3) is 0.0833. The maximum absolute atomic E-state index is 12.7. The highest BCUT2D eigenvalue weighted by atomic mass is 79.9. The van der Waals surface area contributed by atoms with Crippen LogP contribution in [-0.2, 0) is 17.9 Å². The lowest BCUT2D eigenvalue weighted by molar-refractivity contribution is -0.384. The Hall–Kier alpha value is -3.43. The molecule has 9 heteroatoms. The summed E-state index contributed by atoms with van der Waals surface area (Å²) in [6, 6.07) is 20.9. The molecule has 1 saturated heterocycles. The smallest absolute Gasteiger partial charge is 0.293 e. The molecule has 1 aliphatic rings. The average Bonchev–Trinajstić information content (AvgIpc) is 3.07. The van der Waals surface area contributed by atoms with Crippen LogP contribution in [0.15, 0.2) is 82.2 Å². The van der Waals surface area contributed by atoms with Crippen molar-refractivity contribution in [2.24, 2.45) is 0 Å². The number of nitro benzene ring substituents is 1. The van der Waals surface area contributed by atoms with Crippen LogP contribution in [0.4, 0.5) is 10.5 Å². The number of benzene rings is 3. The zero-order valence-corrected chi connectivity index (χ0v) is 19.5. The topological polar surface area (TPSA) is 89.8 Å². The Bertz CT molecular complexity index is 1230. The number of halogens is 1. The number of hydrogen-bond donors (Lipinski definition) is 0. The summed E-state index contributed by atoms with van der Waals surface area (Å²) in [5.41, 5.74) is 2.41. The van der Waals surface area contributed by atoms with E-state index in [-0.39, 0.29) is 23.4 Å². The standard InChI is InChI=1S/C24H17BrN2O5S/c25-19-7-1-18(2-8-19)15-32-21-11-5-16(6-12-21)13-22-23(28)26(24(29)33-22)14-17-3-9-20(10-4-17)27(30)31/h1-13H,14-15H2/b22-13-. The Labute approximate surface area is 202 Å². The predicted octanol–water partition coefficient (Wildman–Crippen LogP) is 6.17. The number of non-ortho nitro benzene ring substituents is 1. The van der Waals surface area contributed by atoms with Gasteiger partial charge in [-0.15, -0.1) is 0 Å². The van der Waals surface area contributed by atoms with Crippen molar-refractivity contribution >= 4 is 50.6 Å². The number of ether oxygens (including phenoxy) is 1. The second-order valence-corrected chi connectivity index (χ2v) is 9.08. The number of thioether (sulfide) groups is 1. The van der Waals surface area contributed by atoms with Gasteiger partial charge in [0.2, 0.25) is 0 Å². The minimum atomic E-state index is -0.496. The van der Waals surface area contributed by atoms with E-state index >= 15 is 0 Å². The van der Waals surface area contributed by atoms with Crippen molar-refractivity contribution in [3.63, 3.8) is 0 Å². The number of amides is 2. The van der Waals surface area contributed by atoms with Crippen molar-refractivity contribution in [2.45, 2.75) is 13.2 Å². The number of carbonyl (C=O) groups is 2. The van der Waals surface area contributed by atoms with E-state index in [4.69, 9.17) is 4.74 Å². The number of carbonyl (C=O) groups excluding carboxylic acids is 2. The van der Waals surface area contributed by atoms with Crippen LogP contribution in [0, 0.1) is 10.1 Å². The maximum atomic E-state index is 12.7. The van der Waals surface area contributed by atoms with Crippen molar-refractivity contribution < 1.29 is 19.2 Å². The summed E-state index contributed by atoms with van der Waals surface area (Å²) in [6.07, 6.45) is 1.67. The molecule has 0 aromatic heterocycles. The SMILES string of the molecule is O=C1S/C(=C\c2ccc(OCc3ccc(Br)cc3)cc2)C(=O)N1Cc1ccc([N+](=O)[O-])cc1. The molecule has 0 saturated carbocycles. The van der Waals surface area contributed by atoms with E-state index in [9.17, 15) is 19.7 Å². The van der Waals surface area contributed by atoms with Gasteiger partial charge in [-0.05, 0) is 58.8 Å². The zero-order valence-electron chi connectivity index (χ0n) is 17.1. The molecule has 0 bridgehead atoms. The van der Waals surface area contributed by atoms with Gasteiger partial charge in [0.05, 0.1) is 16.4 Å². The van der Waals surface area contributed by atoms with Crippen molar-refractivity contribution in [1.82, 2.24) is 4.90 Å². The first kappa shape index (κ1) is 22.8. The molecule has 0 N–H and O–H groups in total. The molecule has 0 unspecified atom stereocenters. The van der Waals surface area contributed by atoms with E-state index in [1.165, 1.54) is 24.3 Å². The summed E-state index contributed by atoms with van der Waals surface area (Å²) in [4.78, 5) is 36.8. The molecule has 4 rings (SSSR count). The Kier molecular flexibility index (Phi) is 6.90. The Morgan fingerprint density at radius 3 is 2.21 bits per heavy atom. The molecule has 7 nitrogen and oxygen atoms in total. The molecule has 1 heterocycles. The summed E-state index contributed by atoms with van der Waals surface area (Å²) in [5, 5.41) is 10.4. The van der Waals surface area contributed by atoms with Crippen LogP contribution in [0.1, 0.15) is 16.7 Å². The van der Waals surface area contributed by atoms with E-state index in [2.05, 4.69) is 15.9 Å². The third-order valence-corrected chi connectivity index (χ3v) is 6.29. The van der Waals surface area contributed by atoms with Gasteiger partial charge in [0, 0.05) is 16.6 Å². The molecule has 2 amide bonds. The quantitative estimate of drug-likeness (QED) is 0.208. The summed E-state index contributed by atoms with van der Waals surface area (Å²) in [7, 11) is 0. The minimum Gasteiger partial charge on any atom is -0.489 e. The van der Waals surface area contributed by atoms with Crippen LogP contribution in [0.5, 0.6) is 5.75 Å². The van der Waals surface area contributed by atoms with Crippen LogP contribution in [0.25, 0.3) is 6.08 Å². The first-order chi connectivity index (χ1) is 15.9. The minimum absolute atomic E-state index is 0.0444. The van der Waals surface area contributed by atoms with Gasteiger partial charge >= 0.3 is 0 Å². The molecule has 1 aliphatic heterocycles. The van der Waals surface area contributed by atoms with Crippen LogP contribution in [0.3, 0.4) is 0 Å². The van der Waals surface area contributed by atoms with Gasteiger partial charge in [-0.3, -0.25) is 24.6 Å². The Morgan fingerprint density at radius 2 is 1.58 bits per heavy atom. The monoisotopic (exact) mass is 524 g/mol. The molecule has 1 fully saturated rings. The van der Waals surface area contributed by atoms with Gasteiger partial charge in [0.15, 0.2) is 0 Å². The number of nitro groups is 1. The van der Waals surface area contributed by atoms with Gasteiger partial charge in [-0.1, -0.05) is 52.3 Å². The second-order valence-electron chi connectivity index (χ2n) is 7.18. The Morgan fingerprint density at radius 1 is 0.939 bits per heavy atom. The number of nitrogens with zero attached hydrogens (tertiary/aromatic N) is 2. The zero-order chi connectivity index (χ0) is 23.4. The molecular weight excluding hydrogens is 508 g/mol. The van der Waals surface area contributed by atoms with Crippen LogP contribution in [0.2, 0.25) is 0 Å². The van der Waals surface area contributed by atoms with Gasteiger partial charge in [0.25, 0.3) is 16.8 Å². The summed E-state index contributed by atoms with van der Waals surface area (Å²) in [6.45, 7) is 0.497. The second kappa shape index (κ2) is 10.0. The maximum Gasteiger partial charge on any atom is 0.293 e. The summed E-state index contributed by atoms with van der Waals surface area (Å²) >= 11 is 4.27. The summed E-state index contributed by atoms with van der Waals surface area (Å²) in [5.74, 6) is 0.306. The van der Waals surface area contributed by atoms with Crippen LogP contribution >= 0.6 is 27.7 Å². The third kappa shape index (κ3) is 5.68. The Balaban J connectivity index is 1.39. The summed E-state index contributed by atoms with van der Waals surface area (Å²) < 4.78 is 6.80. The molecule has 0 atom stereocenters. The first-order valence-corrected chi connectivity index (χ1v) is 11.5. The van der Waals surface area contributed by atoms with E-state index in [0.717, 1.165) is 32.3 Å². The average molecular weight is 525 g/mol. The lowest BCUT2D eigenvalue weighted by Gasteiger charge is -2.12. The molecule has 0 spiro atoms. The van der Waals surface area contributed by atoms with E-state index in [1.807, 2.05) is 48.5 Å². The van der Waals surface area contributed by atoms with E-state index in [0.29, 0.717) is 22.8 Å². The molecule has 0 radical (unpaired) electrons. The van der Waals surface area contributed by atoms with E-state index in [1.54, 1.807) is 6.08 Å². The van der Waals surface area contributed by atoms with Gasteiger partial charge < -0.3 is 4.74 Å². The van der Waals surface area contributed by atoms with Crippen LogP contribution in [-0.4, -0.2) is 21.0 Å². The number of hydrogen-bond acceptors (Lipinski definition) is 6. The lowest BCUT2D eigenvalue weighted by atomic mass is 10.2. The highest BCUT2D eigenvalue weighted by Gasteiger charge is 2.35. The molecule has 166 valence electrons. The lowest BCUT2D eigenvalue weighted by Crippen LogP contribution is -2.27. The first-order valence-electron chi connectivity index (χ1n) is 9.85. The van der Waals surface area contributed by atoms with Gasteiger partial charge in [-0.2, -0.15) is 0 Å². The van der Waals surface area contributed by atoms with Crippen molar-refractivity contribution in [3.8, 4) is 5.75 Å². The van der Waals surface area contributed by atoms with Gasteiger partial charge in [0.1, 0.15) is 12.4 Å². The fourth-order valence-corrected chi connectivity index (χ4v) is 4.20. The predicted molar refractivity (Wildman–Crippen MR) is 130 cm³/mol. The molecule has 33 heavy (non-hydrogen) atoms. The normalized spacial score (nSPS) is 14.7. The van der Waals surface area contributed by atoms with Gasteiger partial charge in [-0.25, -0.2) is 0 Å². The highest BCUT2D eigenvalue weighted by molar-refractivity contribution is 9.10. The van der Waals surface area contributed by atoms with Crippen molar-refractivity contribution in [1.29, 1.82) is 0 Å². The fourth-order valence-electron chi connectivity index (χ4n) is 3.10. The number of rotatable bonds is 7. The van der Waals surface area contributed by atoms with Crippen LogP contribution < -0.4 is 4.74 Å².